The number of aryl methyl sites for hydroxylation is 1. The number of nitrogens with zero attached hydrogens (tertiary/aromatic N) is 2. The molecule has 4 heteroatoms. The first-order chi connectivity index (χ1) is 9.00. The Bertz CT molecular complexity index is 586. The fraction of sp³-hybridized carbons (Fsp3) is 0.400. The fourth-order valence-corrected chi connectivity index (χ4v) is 2.30. The Kier molecular flexibility index (Phi) is 3.90. The van der Waals surface area contributed by atoms with E-state index in [1.807, 2.05) is 26.1 Å². The van der Waals surface area contributed by atoms with Gasteiger partial charge in [-0.25, -0.2) is 0 Å². The number of nitrogens with one attached hydrogen (secondary N) is 1. The number of carbonyl (C=O) groups excluding carboxylic acids is 1. The van der Waals surface area contributed by atoms with E-state index in [1.54, 1.807) is 19.0 Å². The fourth-order valence-electron chi connectivity index (χ4n) is 2.30. The Morgan fingerprint density at radius 3 is 2.74 bits per heavy atom. The minimum absolute atomic E-state index is 0.0974. The van der Waals surface area contributed by atoms with Gasteiger partial charge in [0.25, 0.3) is 0 Å². The van der Waals surface area contributed by atoms with Crippen LogP contribution in [0.1, 0.15) is 12.5 Å². The number of hydrogen-bond donors (Lipinski definition) is 1. The lowest BCUT2D eigenvalue weighted by atomic mass is 10.1. The smallest absolute Gasteiger partial charge is 0.238 e. The predicted octanol–water partition coefficient (Wildman–Crippen LogP) is 1.74. The van der Waals surface area contributed by atoms with Crippen molar-refractivity contribution in [2.75, 3.05) is 14.1 Å². The van der Waals surface area contributed by atoms with E-state index in [1.165, 1.54) is 16.5 Å². The second-order valence-corrected chi connectivity index (χ2v) is 5.12. The van der Waals surface area contributed by atoms with Gasteiger partial charge in [-0.3, -0.25) is 4.79 Å². The van der Waals surface area contributed by atoms with Crippen LogP contribution in [0.15, 0.2) is 30.5 Å². The second-order valence-electron chi connectivity index (χ2n) is 5.12. The van der Waals surface area contributed by atoms with Crippen molar-refractivity contribution in [1.29, 1.82) is 0 Å². The van der Waals surface area contributed by atoms with Gasteiger partial charge in [0.15, 0.2) is 0 Å². The summed E-state index contributed by atoms with van der Waals surface area (Å²) >= 11 is 0. The third-order valence-electron chi connectivity index (χ3n) is 3.39. The van der Waals surface area contributed by atoms with E-state index in [0.29, 0.717) is 6.54 Å². The molecule has 0 bridgehead atoms. The number of hydrogen-bond acceptors (Lipinski definition) is 2. The van der Waals surface area contributed by atoms with E-state index >= 15 is 0 Å². The zero-order chi connectivity index (χ0) is 14.0. The molecule has 0 aliphatic carbocycles. The van der Waals surface area contributed by atoms with Crippen molar-refractivity contribution in [3.63, 3.8) is 0 Å². The lowest BCUT2D eigenvalue weighted by Gasteiger charge is -2.17. The quantitative estimate of drug-likeness (QED) is 0.908. The van der Waals surface area contributed by atoms with Crippen LogP contribution in [0.25, 0.3) is 10.9 Å². The number of para-hydroxylation sites is 1. The van der Waals surface area contributed by atoms with Crippen LogP contribution in [0.3, 0.4) is 0 Å². The van der Waals surface area contributed by atoms with Crippen molar-refractivity contribution < 1.29 is 4.79 Å². The van der Waals surface area contributed by atoms with Crippen LogP contribution >= 0.6 is 0 Å². The highest BCUT2D eigenvalue weighted by molar-refractivity contribution is 5.84. The van der Waals surface area contributed by atoms with Gasteiger partial charge in [-0.1, -0.05) is 18.2 Å². The molecule has 4 nitrogen and oxygen atoms in total. The van der Waals surface area contributed by atoms with Gasteiger partial charge in [0.05, 0.1) is 6.04 Å². The number of amides is 1. The van der Waals surface area contributed by atoms with E-state index in [9.17, 15) is 4.79 Å². The monoisotopic (exact) mass is 259 g/mol. The van der Waals surface area contributed by atoms with Crippen molar-refractivity contribution in [3.05, 3.63) is 36.0 Å². The van der Waals surface area contributed by atoms with Crippen molar-refractivity contribution in [1.82, 2.24) is 14.8 Å². The molecule has 0 aliphatic heterocycles. The SMILES string of the molecule is CC(NCc1cn(C)c2ccccc12)C(=O)N(C)C. The lowest BCUT2D eigenvalue weighted by molar-refractivity contribution is -0.130. The Morgan fingerprint density at radius 1 is 1.37 bits per heavy atom. The van der Waals surface area contributed by atoms with Gasteiger partial charge in [-0.2, -0.15) is 0 Å². The molecule has 102 valence electrons. The summed E-state index contributed by atoms with van der Waals surface area (Å²) in [6, 6.07) is 8.13. The zero-order valence-electron chi connectivity index (χ0n) is 12.0. The molecule has 0 saturated heterocycles. The van der Waals surface area contributed by atoms with Gasteiger partial charge in [0.2, 0.25) is 5.91 Å². The van der Waals surface area contributed by atoms with Gasteiger partial charge in [0.1, 0.15) is 0 Å². The summed E-state index contributed by atoms with van der Waals surface area (Å²) in [4.78, 5) is 13.4. The van der Waals surface area contributed by atoms with E-state index in [2.05, 4.69) is 28.2 Å². The molecule has 1 aromatic heterocycles. The van der Waals surface area contributed by atoms with E-state index in [-0.39, 0.29) is 11.9 Å². The molecule has 0 radical (unpaired) electrons. The number of aromatic nitrogens is 1. The summed E-state index contributed by atoms with van der Waals surface area (Å²) in [5, 5.41) is 4.52. The minimum Gasteiger partial charge on any atom is -0.350 e. The molecule has 19 heavy (non-hydrogen) atoms. The summed E-state index contributed by atoms with van der Waals surface area (Å²) in [5.74, 6) is 0.0974. The van der Waals surface area contributed by atoms with Crippen LogP contribution in [-0.4, -0.2) is 35.5 Å². The Balaban J connectivity index is 2.12. The molecule has 1 amide bonds. The average Bonchev–Trinajstić information content (AvgIpc) is 2.72. The molecule has 0 saturated carbocycles. The molecule has 0 fully saturated rings. The Hall–Kier alpha value is -1.81. The number of rotatable bonds is 4. The maximum Gasteiger partial charge on any atom is 0.238 e. The molecule has 0 aliphatic rings. The van der Waals surface area contributed by atoms with Crippen LogP contribution in [0.5, 0.6) is 0 Å². The molecule has 1 heterocycles. The van der Waals surface area contributed by atoms with Crippen molar-refractivity contribution in [3.8, 4) is 0 Å². The topological polar surface area (TPSA) is 37.3 Å². The largest absolute Gasteiger partial charge is 0.350 e. The van der Waals surface area contributed by atoms with E-state index in [0.717, 1.165) is 0 Å². The van der Waals surface area contributed by atoms with Crippen molar-refractivity contribution in [2.24, 2.45) is 7.05 Å². The van der Waals surface area contributed by atoms with Gasteiger partial charge in [-0.05, 0) is 18.6 Å². The Morgan fingerprint density at radius 2 is 2.05 bits per heavy atom. The molecular formula is C15H21N3O. The predicted molar refractivity (Wildman–Crippen MR) is 77.9 cm³/mol. The van der Waals surface area contributed by atoms with Gasteiger partial charge in [0, 0.05) is 44.8 Å². The van der Waals surface area contributed by atoms with Crippen LogP contribution in [0.2, 0.25) is 0 Å². The number of fused-ring (bicyclic) bond motifs is 1. The molecule has 2 rings (SSSR count). The van der Waals surface area contributed by atoms with E-state index in [4.69, 9.17) is 0 Å². The van der Waals surface area contributed by atoms with Gasteiger partial charge >= 0.3 is 0 Å². The highest BCUT2D eigenvalue weighted by atomic mass is 16.2. The third kappa shape index (κ3) is 2.79. The Labute approximate surface area is 114 Å². The van der Waals surface area contributed by atoms with Crippen molar-refractivity contribution >= 4 is 16.8 Å². The molecule has 1 N–H and O–H groups in total. The van der Waals surface area contributed by atoms with Crippen LogP contribution in [-0.2, 0) is 18.4 Å². The highest BCUT2D eigenvalue weighted by Gasteiger charge is 2.14. The summed E-state index contributed by atoms with van der Waals surface area (Å²) in [5.41, 5.74) is 2.43. The number of likely N-dealkylation sites (N-methyl/N-ethyl adjacent to an activating group) is 1. The summed E-state index contributed by atoms with van der Waals surface area (Å²) in [6.45, 7) is 2.59. The summed E-state index contributed by atoms with van der Waals surface area (Å²) in [6.07, 6.45) is 2.12. The maximum absolute atomic E-state index is 11.8. The first kappa shape index (κ1) is 13.6. The lowest BCUT2D eigenvalue weighted by Crippen LogP contribution is -2.41. The van der Waals surface area contributed by atoms with Crippen LogP contribution in [0.4, 0.5) is 0 Å². The third-order valence-corrected chi connectivity index (χ3v) is 3.39. The summed E-state index contributed by atoms with van der Waals surface area (Å²) in [7, 11) is 5.59. The standard InChI is InChI=1S/C15H21N3O/c1-11(15(19)17(2)3)16-9-12-10-18(4)14-8-6-5-7-13(12)14/h5-8,10-11,16H,9H2,1-4H3. The minimum atomic E-state index is -0.172. The molecule has 1 aromatic carbocycles. The average molecular weight is 259 g/mol. The summed E-state index contributed by atoms with van der Waals surface area (Å²) < 4.78 is 2.12. The van der Waals surface area contributed by atoms with E-state index < -0.39 is 0 Å². The number of carbonyl (C=O) groups is 1. The normalized spacial score (nSPS) is 12.6. The molecule has 2 aromatic rings. The molecule has 1 atom stereocenters. The van der Waals surface area contributed by atoms with Crippen molar-refractivity contribution in [2.45, 2.75) is 19.5 Å². The first-order valence-electron chi connectivity index (χ1n) is 6.48. The second kappa shape index (κ2) is 5.45. The van der Waals surface area contributed by atoms with Crippen LogP contribution in [0, 0.1) is 0 Å². The van der Waals surface area contributed by atoms with Crippen LogP contribution < -0.4 is 5.32 Å². The first-order valence-corrected chi connectivity index (χ1v) is 6.48. The molecule has 0 spiro atoms. The van der Waals surface area contributed by atoms with Gasteiger partial charge < -0.3 is 14.8 Å². The molecule has 1 unspecified atom stereocenters. The molecular weight excluding hydrogens is 238 g/mol. The van der Waals surface area contributed by atoms with Gasteiger partial charge in [-0.15, -0.1) is 0 Å². The zero-order valence-corrected chi connectivity index (χ0v) is 12.0. The maximum atomic E-state index is 11.8. The highest BCUT2D eigenvalue weighted by Crippen LogP contribution is 2.20. The number of benzene rings is 1.